The van der Waals surface area contributed by atoms with Crippen molar-refractivity contribution in [1.29, 1.82) is 0 Å². The first-order chi connectivity index (χ1) is 9.25. The minimum atomic E-state index is -0.141. The van der Waals surface area contributed by atoms with Crippen LogP contribution < -0.4 is 5.56 Å². The molecule has 0 unspecified atom stereocenters. The Labute approximate surface area is 126 Å². The number of aromatic amines is 1. The van der Waals surface area contributed by atoms with Gasteiger partial charge in [-0.3, -0.25) is 4.79 Å². The Morgan fingerprint density at radius 3 is 3.00 bits per heavy atom. The van der Waals surface area contributed by atoms with E-state index in [1.165, 1.54) is 30.9 Å². The Bertz CT molecular complexity index is 635. The Morgan fingerprint density at radius 2 is 2.21 bits per heavy atom. The summed E-state index contributed by atoms with van der Waals surface area (Å²) in [5.74, 6) is 0. The van der Waals surface area contributed by atoms with Crippen LogP contribution in [-0.4, -0.2) is 30.2 Å². The smallest absolute Gasteiger partial charge is 0.265 e. The molecule has 0 bridgehead atoms. The third-order valence-corrected chi connectivity index (χ3v) is 5.41. The second-order valence-corrected chi connectivity index (χ2v) is 6.33. The monoisotopic (exact) mass is 390 g/mol. The molecule has 2 heterocycles. The molecular formula is C10H11IN6OS. The highest BCUT2D eigenvalue weighted by Gasteiger charge is 2.22. The maximum Gasteiger partial charge on any atom is 0.265 e. The minimum absolute atomic E-state index is 0.141. The van der Waals surface area contributed by atoms with Gasteiger partial charge in [-0.25, -0.2) is 9.67 Å². The fourth-order valence-electron chi connectivity index (χ4n) is 2.15. The fraction of sp³-hybridized carbons (Fsp3) is 0.500. The van der Waals surface area contributed by atoms with Gasteiger partial charge in [0.15, 0.2) is 0 Å². The number of tetrazole rings is 1. The van der Waals surface area contributed by atoms with E-state index in [1.54, 1.807) is 0 Å². The van der Waals surface area contributed by atoms with Gasteiger partial charge in [-0.15, -0.1) is 5.10 Å². The van der Waals surface area contributed by atoms with E-state index >= 15 is 0 Å². The predicted molar refractivity (Wildman–Crippen MR) is 77.0 cm³/mol. The van der Waals surface area contributed by atoms with Crippen molar-refractivity contribution in [2.75, 3.05) is 0 Å². The molecule has 1 saturated carbocycles. The molecule has 1 fully saturated rings. The molecule has 0 atom stereocenters. The van der Waals surface area contributed by atoms with Crippen molar-refractivity contribution in [1.82, 2.24) is 30.2 Å². The van der Waals surface area contributed by atoms with E-state index < -0.39 is 0 Å². The lowest BCUT2D eigenvalue weighted by molar-refractivity contribution is 0.423. The summed E-state index contributed by atoms with van der Waals surface area (Å²) in [6, 6.07) is 0.372. The van der Waals surface area contributed by atoms with Crippen LogP contribution in [0.2, 0.25) is 0 Å². The predicted octanol–water partition coefficient (Wildman–Crippen LogP) is 1.63. The molecule has 2 aromatic rings. The first kappa shape index (κ1) is 13.0. The highest BCUT2D eigenvalue weighted by atomic mass is 127. The molecule has 7 nitrogen and oxygen atoms in total. The van der Waals surface area contributed by atoms with Crippen molar-refractivity contribution in [3.05, 3.63) is 20.3 Å². The number of aromatic nitrogens is 6. The zero-order chi connectivity index (χ0) is 13.2. The third-order valence-electron chi connectivity index (χ3n) is 3.09. The molecule has 1 aliphatic carbocycles. The van der Waals surface area contributed by atoms with E-state index in [9.17, 15) is 4.79 Å². The molecule has 0 aliphatic heterocycles. The average molecular weight is 390 g/mol. The zero-order valence-corrected chi connectivity index (χ0v) is 12.9. The summed E-state index contributed by atoms with van der Waals surface area (Å²) in [6.45, 7) is 0. The maximum atomic E-state index is 11.5. The summed E-state index contributed by atoms with van der Waals surface area (Å²) in [5.41, 5.74) is -0.141. The topological polar surface area (TPSA) is 89.3 Å². The van der Waals surface area contributed by atoms with Gasteiger partial charge < -0.3 is 4.98 Å². The Morgan fingerprint density at radius 1 is 1.42 bits per heavy atom. The molecule has 1 aliphatic rings. The maximum absolute atomic E-state index is 11.5. The number of hydrogen-bond donors (Lipinski definition) is 1. The largest absolute Gasteiger partial charge is 0.312 e. The molecule has 2 aromatic heterocycles. The first-order valence-corrected chi connectivity index (χ1v) is 7.84. The highest BCUT2D eigenvalue weighted by molar-refractivity contribution is 14.1. The molecule has 9 heteroatoms. The van der Waals surface area contributed by atoms with E-state index in [0.717, 1.165) is 12.8 Å². The SMILES string of the molecule is O=c1[nH]cnc(Sc2nnnn2C2CCCC2)c1I. The van der Waals surface area contributed by atoms with Gasteiger partial charge in [0, 0.05) is 0 Å². The fourth-order valence-corrected chi connectivity index (χ4v) is 3.60. The van der Waals surface area contributed by atoms with Crippen LogP contribution in [0, 0.1) is 3.57 Å². The number of nitrogens with zero attached hydrogens (tertiary/aromatic N) is 5. The van der Waals surface area contributed by atoms with E-state index in [0.29, 0.717) is 19.8 Å². The molecular weight excluding hydrogens is 379 g/mol. The Kier molecular flexibility index (Phi) is 3.82. The van der Waals surface area contributed by atoms with Crippen molar-refractivity contribution in [2.45, 2.75) is 41.9 Å². The first-order valence-electron chi connectivity index (χ1n) is 5.94. The van der Waals surface area contributed by atoms with Crippen molar-refractivity contribution in [2.24, 2.45) is 0 Å². The molecule has 19 heavy (non-hydrogen) atoms. The second-order valence-electron chi connectivity index (χ2n) is 4.30. The standard InChI is InChI=1S/C10H11IN6OS/c11-7-8(18)12-5-13-9(7)19-10-14-15-16-17(10)6-3-1-2-4-6/h5-6H,1-4H2,(H,12,13,18). The summed E-state index contributed by atoms with van der Waals surface area (Å²) >= 11 is 3.32. The average Bonchev–Trinajstić information content (AvgIpc) is 3.05. The normalized spacial score (nSPS) is 16.1. The van der Waals surface area contributed by atoms with Crippen LogP contribution in [0.25, 0.3) is 0 Å². The lowest BCUT2D eigenvalue weighted by Gasteiger charge is -2.10. The number of H-pyrrole nitrogens is 1. The van der Waals surface area contributed by atoms with Crippen LogP contribution in [0.1, 0.15) is 31.7 Å². The van der Waals surface area contributed by atoms with Crippen LogP contribution >= 0.6 is 34.4 Å². The minimum Gasteiger partial charge on any atom is -0.312 e. The van der Waals surface area contributed by atoms with Crippen molar-refractivity contribution in [3.63, 3.8) is 0 Å². The van der Waals surface area contributed by atoms with Gasteiger partial charge in [0.25, 0.3) is 5.56 Å². The van der Waals surface area contributed by atoms with Crippen LogP contribution in [0.3, 0.4) is 0 Å². The summed E-state index contributed by atoms with van der Waals surface area (Å²) in [7, 11) is 0. The molecule has 0 aromatic carbocycles. The van der Waals surface area contributed by atoms with Crippen LogP contribution in [-0.2, 0) is 0 Å². The van der Waals surface area contributed by atoms with Gasteiger partial charge in [-0.2, -0.15) is 0 Å². The van der Waals surface area contributed by atoms with Crippen molar-refractivity contribution < 1.29 is 0 Å². The van der Waals surface area contributed by atoms with Gasteiger partial charge >= 0.3 is 0 Å². The van der Waals surface area contributed by atoms with E-state index in [-0.39, 0.29) is 5.56 Å². The van der Waals surface area contributed by atoms with Crippen LogP contribution in [0.4, 0.5) is 0 Å². The van der Waals surface area contributed by atoms with Crippen molar-refractivity contribution >= 4 is 34.4 Å². The molecule has 3 rings (SSSR count). The van der Waals surface area contributed by atoms with E-state index in [2.05, 4.69) is 25.5 Å². The molecule has 0 radical (unpaired) electrons. The second kappa shape index (κ2) is 5.57. The van der Waals surface area contributed by atoms with E-state index in [1.807, 2.05) is 27.3 Å². The van der Waals surface area contributed by atoms with E-state index in [4.69, 9.17) is 0 Å². The summed E-state index contributed by atoms with van der Waals surface area (Å²) in [5, 5.41) is 13.2. The highest BCUT2D eigenvalue weighted by Crippen LogP contribution is 2.33. The lowest BCUT2D eigenvalue weighted by Crippen LogP contribution is -2.12. The quantitative estimate of drug-likeness (QED) is 0.633. The Hall–Kier alpha value is -0.970. The number of halogens is 1. The van der Waals surface area contributed by atoms with Crippen molar-refractivity contribution in [3.8, 4) is 0 Å². The summed E-state index contributed by atoms with van der Waals surface area (Å²) in [6.07, 6.45) is 6.05. The molecule has 0 spiro atoms. The number of nitrogens with one attached hydrogen (secondary N) is 1. The Balaban J connectivity index is 1.89. The van der Waals surface area contributed by atoms with Gasteiger partial charge in [0.1, 0.15) is 8.60 Å². The van der Waals surface area contributed by atoms with Gasteiger partial charge in [0.2, 0.25) is 5.16 Å². The number of hydrogen-bond acceptors (Lipinski definition) is 6. The molecule has 0 amide bonds. The summed E-state index contributed by atoms with van der Waals surface area (Å²) < 4.78 is 2.42. The zero-order valence-electron chi connectivity index (χ0n) is 9.91. The molecule has 1 N–H and O–H groups in total. The summed E-state index contributed by atoms with van der Waals surface area (Å²) in [4.78, 5) is 18.3. The van der Waals surface area contributed by atoms with Gasteiger partial charge in [0.05, 0.1) is 12.4 Å². The molecule has 0 saturated heterocycles. The van der Waals surface area contributed by atoms with Gasteiger partial charge in [-0.05, 0) is 57.6 Å². The number of rotatable bonds is 3. The lowest BCUT2D eigenvalue weighted by atomic mass is 10.3. The third kappa shape index (κ3) is 2.66. The van der Waals surface area contributed by atoms with Gasteiger partial charge in [-0.1, -0.05) is 12.8 Å². The van der Waals surface area contributed by atoms with Crippen LogP contribution in [0.5, 0.6) is 0 Å². The van der Waals surface area contributed by atoms with Crippen LogP contribution in [0.15, 0.2) is 21.3 Å². The molecule has 100 valence electrons.